The van der Waals surface area contributed by atoms with E-state index in [4.69, 9.17) is 10.8 Å². The highest BCUT2D eigenvalue weighted by Crippen LogP contribution is 2.05. The van der Waals surface area contributed by atoms with Gasteiger partial charge in [-0.2, -0.15) is 0 Å². The molecule has 1 aromatic carbocycles. The zero-order valence-corrected chi connectivity index (χ0v) is 9.14. The highest BCUT2D eigenvalue weighted by molar-refractivity contribution is 6.00. The predicted molar refractivity (Wildman–Crippen MR) is 59.5 cm³/mol. The fourth-order valence-electron chi connectivity index (χ4n) is 1.16. The third kappa shape index (κ3) is 3.30. The molecule has 0 saturated heterocycles. The van der Waals surface area contributed by atoms with Crippen LogP contribution in [0.3, 0.4) is 0 Å². The van der Waals surface area contributed by atoms with Crippen molar-refractivity contribution < 1.29 is 19.5 Å². The molecule has 17 heavy (non-hydrogen) atoms. The Morgan fingerprint density at radius 3 is 2.41 bits per heavy atom. The summed E-state index contributed by atoms with van der Waals surface area (Å²) in [5, 5.41) is 10.9. The van der Waals surface area contributed by atoms with Gasteiger partial charge < -0.3 is 16.2 Å². The smallest absolute Gasteiger partial charge is 0.325 e. The number of carboxylic acids is 1. The van der Waals surface area contributed by atoms with Crippen molar-refractivity contribution in [1.82, 2.24) is 5.32 Å². The van der Waals surface area contributed by atoms with Crippen molar-refractivity contribution in [3.8, 4) is 0 Å². The topological polar surface area (TPSA) is 109 Å². The first-order chi connectivity index (χ1) is 7.91. The lowest BCUT2D eigenvalue weighted by atomic mass is 10.1. The van der Waals surface area contributed by atoms with Crippen molar-refractivity contribution in [2.24, 2.45) is 5.73 Å². The van der Waals surface area contributed by atoms with Crippen LogP contribution in [0.4, 0.5) is 0 Å². The Balaban J connectivity index is 2.86. The van der Waals surface area contributed by atoms with Gasteiger partial charge in [0.1, 0.15) is 6.04 Å². The van der Waals surface area contributed by atoms with Crippen LogP contribution in [0.1, 0.15) is 27.6 Å². The standard InChI is InChI=1S/C11H12N2O4/c1-6(11(16)17)13-10(15)8-4-2-3-7(5-8)9(12)14/h2-6H,1H3,(H2,12,14)(H,13,15)(H,16,17)/t6-/m1/s1. The number of carboxylic acid groups (broad SMARTS) is 1. The molecule has 1 aromatic rings. The number of carbonyl (C=O) groups excluding carboxylic acids is 2. The number of amides is 2. The van der Waals surface area contributed by atoms with E-state index in [2.05, 4.69) is 5.32 Å². The van der Waals surface area contributed by atoms with Crippen LogP contribution < -0.4 is 11.1 Å². The van der Waals surface area contributed by atoms with Gasteiger partial charge in [0, 0.05) is 11.1 Å². The minimum absolute atomic E-state index is 0.189. The molecule has 0 unspecified atom stereocenters. The van der Waals surface area contributed by atoms with Crippen molar-refractivity contribution >= 4 is 17.8 Å². The molecule has 0 fully saturated rings. The number of primary amides is 1. The van der Waals surface area contributed by atoms with Crippen molar-refractivity contribution in [3.05, 3.63) is 35.4 Å². The summed E-state index contributed by atoms with van der Waals surface area (Å²) in [6, 6.07) is 4.75. The van der Waals surface area contributed by atoms with Gasteiger partial charge >= 0.3 is 5.97 Å². The van der Waals surface area contributed by atoms with Crippen LogP contribution >= 0.6 is 0 Å². The van der Waals surface area contributed by atoms with Crippen LogP contribution in [-0.4, -0.2) is 28.9 Å². The molecule has 1 atom stereocenters. The second kappa shape index (κ2) is 5.11. The first-order valence-electron chi connectivity index (χ1n) is 4.85. The summed E-state index contributed by atoms with van der Waals surface area (Å²) in [6.45, 7) is 1.35. The Hall–Kier alpha value is -2.37. The number of aliphatic carboxylic acids is 1. The first kappa shape index (κ1) is 12.7. The fourth-order valence-corrected chi connectivity index (χ4v) is 1.16. The summed E-state index contributed by atoms with van der Waals surface area (Å²) in [4.78, 5) is 33.1. The summed E-state index contributed by atoms with van der Waals surface area (Å²) in [7, 11) is 0. The van der Waals surface area contributed by atoms with E-state index < -0.39 is 23.8 Å². The molecule has 0 aliphatic heterocycles. The largest absolute Gasteiger partial charge is 0.480 e. The lowest BCUT2D eigenvalue weighted by molar-refractivity contribution is -0.138. The number of carbonyl (C=O) groups is 3. The highest BCUT2D eigenvalue weighted by Gasteiger charge is 2.15. The molecule has 0 bridgehead atoms. The summed E-state index contributed by atoms with van der Waals surface area (Å²) >= 11 is 0. The molecule has 6 heteroatoms. The quantitative estimate of drug-likeness (QED) is 0.682. The summed E-state index contributed by atoms with van der Waals surface area (Å²) < 4.78 is 0. The van der Waals surface area contributed by atoms with Crippen LogP contribution in [-0.2, 0) is 4.79 Å². The molecule has 0 saturated carbocycles. The maximum absolute atomic E-state index is 11.6. The van der Waals surface area contributed by atoms with E-state index in [1.54, 1.807) is 0 Å². The van der Waals surface area contributed by atoms with Gasteiger partial charge in [-0.25, -0.2) is 0 Å². The van der Waals surface area contributed by atoms with Gasteiger partial charge in [-0.05, 0) is 25.1 Å². The van der Waals surface area contributed by atoms with Crippen LogP contribution in [0.2, 0.25) is 0 Å². The summed E-state index contributed by atoms with van der Waals surface area (Å²) in [5.41, 5.74) is 5.45. The van der Waals surface area contributed by atoms with Crippen molar-refractivity contribution in [2.45, 2.75) is 13.0 Å². The zero-order valence-electron chi connectivity index (χ0n) is 9.14. The molecule has 0 aliphatic rings. The number of benzene rings is 1. The monoisotopic (exact) mass is 236 g/mol. The Bertz CT molecular complexity index is 470. The lowest BCUT2D eigenvalue weighted by Crippen LogP contribution is -2.38. The number of nitrogens with two attached hydrogens (primary N) is 1. The van der Waals surface area contributed by atoms with Gasteiger partial charge in [0.15, 0.2) is 0 Å². The maximum atomic E-state index is 11.6. The maximum Gasteiger partial charge on any atom is 0.325 e. The van der Waals surface area contributed by atoms with E-state index in [1.807, 2.05) is 0 Å². The lowest BCUT2D eigenvalue weighted by Gasteiger charge is -2.09. The van der Waals surface area contributed by atoms with Gasteiger partial charge in [-0.1, -0.05) is 6.07 Å². The third-order valence-corrected chi connectivity index (χ3v) is 2.13. The third-order valence-electron chi connectivity index (χ3n) is 2.13. The summed E-state index contributed by atoms with van der Waals surface area (Å²) in [5.74, 6) is -2.35. The Morgan fingerprint density at radius 1 is 1.29 bits per heavy atom. The van der Waals surface area contributed by atoms with Crippen molar-refractivity contribution in [2.75, 3.05) is 0 Å². The number of rotatable bonds is 4. The van der Waals surface area contributed by atoms with E-state index in [9.17, 15) is 14.4 Å². The molecule has 1 rings (SSSR count). The average molecular weight is 236 g/mol. The molecule has 0 aliphatic carbocycles. The molecule has 4 N–H and O–H groups in total. The van der Waals surface area contributed by atoms with E-state index in [0.717, 1.165) is 0 Å². The average Bonchev–Trinajstić information content (AvgIpc) is 2.28. The molecule has 0 aromatic heterocycles. The zero-order chi connectivity index (χ0) is 13.0. The molecule has 6 nitrogen and oxygen atoms in total. The predicted octanol–water partition coefficient (Wildman–Crippen LogP) is -0.0116. The van der Waals surface area contributed by atoms with E-state index in [1.165, 1.54) is 31.2 Å². The van der Waals surface area contributed by atoms with Crippen LogP contribution in [0.25, 0.3) is 0 Å². The van der Waals surface area contributed by atoms with Gasteiger partial charge in [0.05, 0.1) is 0 Å². The second-order valence-electron chi connectivity index (χ2n) is 3.48. The minimum atomic E-state index is -1.13. The Labute approximate surface area is 97.4 Å². The minimum Gasteiger partial charge on any atom is -0.480 e. The normalized spacial score (nSPS) is 11.6. The van der Waals surface area contributed by atoms with Crippen molar-refractivity contribution in [3.63, 3.8) is 0 Å². The van der Waals surface area contributed by atoms with Gasteiger partial charge in [0.25, 0.3) is 5.91 Å². The van der Waals surface area contributed by atoms with Gasteiger partial charge in [0.2, 0.25) is 5.91 Å². The Kier molecular flexibility index (Phi) is 3.82. The molecule has 2 amide bonds. The molecule has 0 spiro atoms. The molecular formula is C11H12N2O4. The number of hydrogen-bond acceptors (Lipinski definition) is 3. The Morgan fingerprint density at radius 2 is 1.88 bits per heavy atom. The number of nitrogens with one attached hydrogen (secondary N) is 1. The van der Waals surface area contributed by atoms with Crippen LogP contribution in [0.5, 0.6) is 0 Å². The molecule has 0 heterocycles. The van der Waals surface area contributed by atoms with Crippen LogP contribution in [0.15, 0.2) is 24.3 Å². The fraction of sp³-hybridized carbons (Fsp3) is 0.182. The molecule has 90 valence electrons. The number of hydrogen-bond donors (Lipinski definition) is 3. The van der Waals surface area contributed by atoms with Crippen LogP contribution in [0, 0.1) is 0 Å². The summed E-state index contributed by atoms with van der Waals surface area (Å²) in [6.07, 6.45) is 0. The second-order valence-corrected chi connectivity index (χ2v) is 3.48. The first-order valence-corrected chi connectivity index (χ1v) is 4.85. The van der Waals surface area contributed by atoms with E-state index in [-0.39, 0.29) is 11.1 Å². The van der Waals surface area contributed by atoms with Crippen molar-refractivity contribution in [1.29, 1.82) is 0 Å². The molecular weight excluding hydrogens is 224 g/mol. The highest BCUT2D eigenvalue weighted by atomic mass is 16.4. The van der Waals surface area contributed by atoms with E-state index in [0.29, 0.717) is 0 Å². The van der Waals surface area contributed by atoms with Gasteiger partial charge in [-0.15, -0.1) is 0 Å². The van der Waals surface area contributed by atoms with E-state index >= 15 is 0 Å². The SMILES string of the molecule is C[C@@H](NC(=O)c1cccc(C(N)=O)c1)C(=O)O. The molecule has 0 radical (unpaired) electrons. The van der Waals surface area contributed by atoms with Gasteiger partial charge in [-0.3, -0.25) is 14.4 Å².